The zero-order valence-electron chi connectivity index (χ0n) is 10.8. The molecule has 8 heteroatoms. The second kappa shape index (κ2) is 5.42. The van der Waals surface area contributed by atoms with E-state index >= 15 is 0 Å². The Morgan fingerprint density at radius 2 is 2.29 bits per heavy atom. The van der Waals surface area contributed by atoms with E-state index in [-0.39, 0.29) is 16.6 Å². The number of thiophene rings is 1. The van der Waals surface area contributed by atoms with Gasteiger partial charge in [0.05, 0.1) is 4.92 Å². The van der Waals surface area contributed by atoms with Crippen molar-refractivity contribution in [3.05, 3.63) is 55.0 Å². The first kappa shape index (κ1) is 14.0. The number of nitrogens with zero attached hydrogens (tertiary/aromatic N) is 3. The molecule has 0 saturated carbocycles. The van der Waals surface area contributed by atoms with E-state index in [0.29, 0.717) is 13.1 Å². The molecular weight excluding hydrogens is 314 g/mol. The molecule has 3 rings (SSSR count). The van der Waals surface area contributed by atoms with Gasteiger partial charge in [-0.15, -0.1) is 11.3 Å². The smallest absolute Gasteiger partial charge is 0.319 e. The van der Waals surface area contributed by atoms with Gasteiger partial charge in [0.25, 0.3) is 5.91 Å². The predicted octanol–water partition coefficient (Wildman–Crippen LogP) is 2.90. The van der Waals surface area contributed by atoms with Gasteiger partial charge in [-0.2, -0.15) is 0 Å². The summed E-state index contributed by atoms with van der Waals surface area (Å²) < 4.78 is 0. The van der Waals surface area contributed by atoms with Crippen LogP contribution in [0.15, 0.2) is 23.7 Å². The molecule has 0 aromatic carbocycles. The highest BCUT2D eigenvalue weighted by molar-refractivity contribution is 7.10. The van der Waals surface area contributed by atoms with Gasteiger partial charge in [0, 0.05) is 24.2 Å². The Balaban J connectivity index is 1.94. The van der Waals surface area contributed by atoms with Crippen LogP contribution in [0.3, 0.4) is 0 Å². The van der Waals surface area contributed by atoms with Crippen molar-refractivity contribution in [2.45, 2.75) is 13.0 Å². The molecule has 21 heavy (non-hydrogen) atoms. The van der Waals surface area contributed by atoms with Gasteiger partial charge in [-0.3, -0.25) is 14.9 Å². The Bertz CT molecular complexity index is 731. The van der Waals surface area contributed by atoms with Crippen LogP contribution in [0, 0.1) is 10.1 Å². The molecule has 2 aromatic rings. The number of fused-ring (bicyclic) bond motifs is 1. The number of carbonyl (C=O) groups is 1. The number of rotatable bonds is 2. The highest BCUT2D eigenvalue weighted by atomic mass is 35.5. The number of carbonyl (C=O) groups excluding carboxylic acids is 1. The molecule has 0 spiro atoms. The quantitative estimate of drug-likeness (QED) is 0.483. The molecule has 2 aromatic heterocycles. The molecule has 0 atom stereocenters. The lowest BCUT2D eigenvalue weighted by Gasteiger charge is -2.26. The third kappa shape index (κ3) is 2.50. The third-order valence-electron chi connectivity index (χ3n) is 3.39. The van der Waals surface area contributed by atoms with Crippen molar-refractivity contribution in [1.29, 1.82) is 0 Å². The molecular formula is C13H10ClN3O3S. The van der Waals surface area contributed by atoms with Crippen LogP contribution in [0.2, 0.25) is 5.15 Å². The summed E-state index contributed by atoms with van der Waals surface area (Å²) >= 11 is 7.42. The first-order chi connectivity index (χ1) is 10.1. The molecule has 108 valence electrons. The largest absolute Gasteiger partial charge is 0.334 e. The van der Waals surface area contributed by atoms with Crippen LogP contribution < -0.4 is 0 Å². The summed E-state index contributed by atoms with van der Waals surface area (Å²) in [6.07, 6.45) is 2.08. The van der Waals surface area contributed by atoms with Gasteiger partial charge >= 0.3 is 5.69 Å². The molecule has 1 aliphatic rings. The molecule has 1 amide bonds. The van der Waals surface area contributed by atoms with E-state index in [1.807, 2.05) is 11.4 Å². The summed E-state index contributed by atoms with van der Waals surface area (Å²) in [5.74, 6) is -0.386. The van der Waals surface area contributed by atoms with E-state index in [4.69, 9.17) is 11.6 Å². The summed E-state index contributed by atoms with van der Waals surface area (Å²) in [7, 11) is 0. The van der Waals surface area contributed by atoms with E-state index in [9.17, 15) is 14.9 Å². The van der Waals surface area contributed by atoms with Crippen LogP contribution in [0.1, 0.15) is 20.8 Å². The topological polar surface area (TPSA) is 76.3 Å². The Morgan fingerprint density at radius 3 is 3.05 bits per heavy atom. The first-order valence-corrected chi connectivity index (χ1v) is 7.47. The van der Waals surface area contributed by atoms with Crippen molar-refractivity contribution in [2.75, 3.05) is 6.54 Å². The Morgan fingerprint density at radius 1 is 1.48 bits per heavy atom. The molecule has 0 N–H and O–H groups in total. The lowest BCUT2D eigenvalue weighted by Crippen LogP contribution is -2.35. The highest BCUT2D eigenvalue weighted by Gasteiger charge is 2.30. The Labute approximate surface area is 129 Å². The maximum absolute atomic E-state index is 12.5. The van der Waals surface area contributed by atoms with Gasteiger partial charge in [0.15, 0.2) is 0 Å². The van der Waals surface area contributed by atoms with Crippen molar-refractivity contribution >= 4 is 34.5 Å². The maximum atomic E-state index is 12.5. The average molecular weight is 324 g/mol. The summed E-state index contributed by atoms with van der Waals surface area (Å²) in [5.41, 5.74) is 0.654. The van der Waals surface area contributed by atoms with Gasteiger partial charge in [0.2, 0.25) is 5.15 Å². The minimum absolute atomic E-state index is 0.0151. The van der Waals surface area contributed by atoms with Crippen LogP contribution in [0.25, 0.3) is 0 Å². The summed E-state index contributed by atoms with van der Waals surface area (Å²) in [4.78, 5) is 29.5. The van der Waals surface area contributed by atoms with Crippen molar-refractivity contribution in [2.24, 2.45) is 0 Å². The lowest BCUT2D eigenvalue weighted by molar-refractivity contribution is -0.385. The van der Waals surface area contributed by atoms with Gasteiger partial charge in [-0.05, 0) is 29.5 Å². The van der Waals surface area contributed by atoms with E-state index < -0.39 is 10.6 Å². The van der Waals surface area contributed by atoms with Crippen LogP contribution in [-0.2, 0) is 13.0 Å². The monoisotopic (exact) mass is 323 g/mol. The van der Waals surface area contributed by atoms with Crippen LogP contribution in [0.5, 0.6) is 0 Å². The fourth-order valence-corrected chi connectivity index (χ4v) is 3.48. The Kier molecular flexibility index (Phi) is 3.60. The summed E-state index contributed by atoms with van der Waals surface area (Å²) in [6.45, 7) is 1.01. The van der Waals surface area contributed by atoms with E-state index in [2.05, 4.69) is 4.98 Å². The van der Waals surface area contributed by atoms with E-state index in [1.165, 1.54) is 17.1 Å². The molecule has 0 bridgehead atoms. The second-order valence-corrected chi connectivity index (χ2v) is 5.96. The van der Waals surface area contributed by atoms with Crippen LogP contribution in [-0.4, -0.2) is 27.3 Å². The average Bonchev–Trinajstić information content (AvgIpc) is 2.93. The van der Waals surface area contributed by atoms with Gasteiger partial charge in [0.1, 0.15) is 5.56 Å². The molecule has 0 unspecified atom stereocenters. The standard InChI is InChI=1S/C13H10ClN3O3S/c14-12-11(17(19)20)9(1-4-15-12)13(18)16-5-2-10-8(7-16)3-6-21-10/h1,3-4,6H,2,5,7H2. The third-order valence-corrected chi connectivity index (χ3v) is 4.69. The van der Waals surface area contributed by atoms with Gasteiger partial charge in [-0.25, -0.2) is 4.98 Å². The molecule has 6 nitrogen and oxygen atoms in total. The normalized spacial score (nSPS) is 13.9. The molecule has 0 aliphatic carbocycles. The molecule has 0 saturated heterocycles. The van der Waals surface area contributed by atoms with Crippen LogP contribution >= 0.6 is 22.9 Å². The molecule has 1 aliphatic heterocycles. The predicted molar refractivity (Wildman–Crippen MR) is 78.7 cm³/mol. The number of hydrogen-bond acceptors (Lipinski definition) is 5. The minimum Gasteiger partial charge on any atom is -0.334 e. The summed E-state index contributed by atoms with van der Waals surface area (Å²) in [5, 5.41) is 12.8. The van der Waals surface area contributed by atoms with E-state index in [1.54, 1.807) is 16.2 Å². The lowest BCUT2D eigenvalue weighted by atomic mass is 10.1. The fraction of sp³-hybridized carbons (Fsp3) is 0.231. The zero-order chi connectivity index (χ0) is 15.0. The first-order valence-electron chi connectivity index (χ1n) is 6.21. The van der Waals surface area contributed by atoms with Crippen molar-refractivity contribution in [3.8, 4) is 0 Å². The van der Waals surface area contributed by atoms with Crippen LogP contribution in [0.4, 0.5) is 5.69 Å². The minimum atomic E-state index is -0.664. The van der Waals surface area contributed by atoms with Crippen molar-refractivity contribution < 1.29 is 9.72 Å². The molecule has 0 radical (unpaired) electrons. The number of halogens is 1. The van der Waals surface area contributed by atoms with Gasteiger partial charge in [-0.1, -0.05) is 11.6 Å². The van der Waals surface area contributed by atoms with Crippen molar-refractivity contribution in [1.82, 2.24) is 9.88 Å². The SMILES string of the molecule is O=C(c1ccnc(Cl)c1[N+](=O)[O-])N1CCc2sccc2C1. The molecule has 3 heterocycles. The number of nitro groups is 1. The van der Waals surface area contributed by atoms with Gasteiger partial charge < -0.3 is 4.90 Å². The highest BCUT2D eigenvalue weighted by Crippen LogP contribution is 2.30. The second-order valence-electron chi connectivity index (χ2n) is 4.60. The zero-order valence-corrected chi connectivity index (χ0v) is 12.4. The fourth-order valence-electron chi connectivity index (χ4n) is 2.37. The van der Waals surface area contributed by atoms with Crippen molar-refractivity contribution in [3.63, 3.8) is 0 Å². The summed E-state index contributed by atoms with van der Waals surface area (Å²) in [6, 6.07) is 3.32. The molecule has 0 fully saturated rings. The number of amides is 1. The Hall–Kier alpha value is -1.99. The number of pyridine rings is 1. The van der Waals surface area contributed by atoms with E-state index in [0.717, 1.165) is 12.0 Å². The number of hydrogen-bond donors (Lipinski definition) is 0. The number of aromatic nitrogens is 1. The maximum Gasteiger partial charge on any atom is 0.319 e.